The van der Waals surface area contributed by atoms with Gasteiger partial charge in [0, 0.05) is 0 Å². The molecule has 18 heavy (non-hydrogen) atoms. The van der Waals surface area contributed by atoms with Gasteiger partial charge in [0.2, 0.25) is 0 Å². The molecule has 0 amide bonds. The van der Waals surface area contributed by atoms with E-state index in [0.29, 0.717) is 17.6 Å². The lowest BCUT2D eigenvalue weighted by molar-refractivity contribution is -0.101. The van der Waals surface area contributed by atoms with Gasteiger partial charge in [0.1, 0.15) is 0 Å². The van der Waals surface area contributed by atoms with E-state index in [1.165, 1.54) is 51.4 Å². The van der Waals surface area contributed by atoms with Crippen LogP contribution in [0.5, 0.6) is 0 Å². The van der Waals surface area contributed by atoms with E-state index in [1.54, 1.807) is 0 Å². The summed E-state index contributed by atoms with van der Waals surface area (Å²) in [6.45, 7) is 11.8. The van der Waals surface area contributed by atoms with E-state index in [9.17, 15) is 0 Å². The van der Waals surface area contributed by atoms with E-state index < -0.39 is 0 Å². The van der Waals surface area contributed by atoms with Crippen LogP contribution in [-0.4, -0.2) is 12.2 Å². The topological polar surface area (TPSA) is 9.23 Å². The maximum Gasteiger partial charge on any atom is 0.0612 e. The highest BCUT2D eigenvalue weighted by atomic mass is 16.5. The highest BCUT2D eigenvalue weighted by Crippen LogP contribution is 2.44. The van der Waals surface area contributed by atoms with Gasteiger partial charge in [-0.3, -0.25) is 0 Å². The van der Waals surface area contributed by atoms with Gasteiger partial charge in [-0.15, -0.1) is 0 Å². The fourth-order valence-corrected chi connectivity index (χ4v) is 3.80. The second kappa shape index (κ2) is 7.53. The fourth-order valence-electron chi connectivity index (χ4n) is 3.80. The maximum absolute atomic E-state index is 6.51. The first kappa shape index (κ1) is 16.0. The monoisotopic (exact) mass is 254 g/mol. The molecule has 0 aliphatic heterocycles. The van der Waals surface area contributed by atoms with Crippen molar-refractivity contribution in [2.45, 2.75) is 98.2 Å². The van der Waals surface area contributed by atoms with E-state index in [4.69, 9.17) is 4.74 Å². The van der Waals surface area contributed by atoms with Gasteiger partial charge >= 0.3 is 0 Å². The van der Waals surface area contributed by atoms with Crippen LogP contribution in [0.2, 0.25) is 0 Å². The Morgan fingerprint density at radius 3 is 2.22 bits per heavy atom. The third-order valence-corrected chi connectivity index (χ3v) is 4.79. The number of rotatable bonds is 7. The van der Waals surface area contributed by atoms with E-state index >= 15 is 0 Å². The maximum atomic E-state index is 6.51. The molecule has 2 atom stereocenters. The second-order valence-corrected chi connectivity index (χ2v) is 6.77. The Bertz CT molecular complexity index is 216. The highest BCUT2D eigenvalue weighted by Gasteiger charge is 2.38. The molecule has 1 fully saturated rings. The zero-order valence-electron chi connectivity index (χ0n) is 13.3. The molecule has 0 radical (unpaired) electrons. The Balaban J connectivity index is 2.61. The molecular formula is C17H34O. The molecule has 1 saturated carbocycles. The van der Waals surface area contributed by atoms with Gasteiger partial charge in [0.05, 0.1) is 12.2 Å². The van der Waals surface area contributed by atoms with Gasteiger partial charge in [-0.1, -0.05) is 60.3 Å². The van der Waals surface area contributed by atoms with Gasteiger partial charge in [-0.05, 0) is 37.0 Å². The predicted molar refractivity (Wildman–Crippen MR) is 79.9 cm³/mol. The Morgan fingerprint density at radius 2 is 1.72 bits per heavy atom. The molecule has 0 saturated heterocycles. The van der Waals surface area contributed by atoms with Crippen LogP contribution in [0.3, 0.4) is 0 Å². The lowest BCUT2D eigenvalue weighted by atomic mass is 9.66. The smallest absolute Gasteiger partial charge is 0.0612 e. The van der Waals surface area contributed by atoms with Crippen LogP contribution in [-0.2, 0) is 4.74 Å². The molecule has 0 spiro atoms. The molecule has 0 unspecified atom stereocenters. The van der Waals surface area contributed by atoms with Crippen molar-refractivity contribution in [3.8, 4) is 0 Å². The molecule has 0 aromatic carbocycles. The first-order valence-corrected chi connectivity index (χ1v) is 8.20. The average Bonchev–Trinajstić information content (AvgIpc) is 2.29. The van der Waals surface area contributed by atoms with Gasteiger partial charge < -0.3 is 4.74 Å². The summed E-state index contributed by atoms with van der Waals surface area (Å²) in [5.41, 5.74) is 0.473. The number of ether oxygens (including phenoxy) is 1. The Labute approximate surface area is 115 Å². The van der Waals surface area contributed by atoms with E-state index in [2.05, 4.69) is 34.6 Å². The molecule has 0 aromatic rings. The average molecular weight is 254 g/mol. The summed E-state index contributed by atoms with van der Waals surface area (Å²) in [6.07, 6.45) is 11.3. The minimum atomic E-state index is 0.473. The first-order chi connectivity index (χ1) is 8.55. The summed E-state index contributed by atoms with van der Waals surface area (Å²) in [7, 11) is 0. The zero-order chi connectivity index (χ0) is 13.6. The SMILES string of the molecule is CCCC(CCC)O[C@H]1CCCC(C)(C)[C@@H]1CC. The fraction of sp³-hybridized carbons (Fsp3) is 1.00. The van der Waals surface area contributed by atoms with Crippen molar-refractivity contribution in [2.75, 3.05) is 0 Å². The van der Waals surface area contributed by atoms with Crippen LogP contribution in [0, 0.1) is 11.3 Å². The Morgan fingerprint density at radius 1 is 1.11 bits per heavy atom. The van der Waals surface area contributed by atoms with Crippen molar-refractivity contribution in [3.63, 3.8) is 0 Å². The summed E-state index contributed by atoms with van der Waals surface area (Å²) in [5, 5.41) is 0. The van der Waals surface area contributed by atoms with Crippen molar-refractivity contribution in [1.29, 1.82) is 0 Å². The normalized spacial score (nSPS) is 27.7. The minimum Gasteiger partial charge on any atom is -0.375 e. The quantitative estimate of drug-likeness (QED) is 0.576. The summed E-state index contributed by atoms with van der Waals surface area (Å²) in [4.78, 5) is 0. The molecule has 0 N–H and O–H groups in total. The third-order valence-electron chi connectivity index (χ3n) is 4.79. The third kappa shape index (κ3) is 4.26. The van der Waals surface area contributed by atoms with Crippen molar-refractivity contribution < 1.29 is 4.74 Å². The molecule has 0 bridgehead atoms. The molecule has 1 rings (SSSR count). The van der Waals surface area contributed by atoms with Crippen LogP contribution < -0.4 is 0 Å². The van der Waals surface area contributed by atoms with Crippen LogP contribution in [0.1, 0.15) is 86.0 Å². The second-order valence-electron chi connectivity index (χ2n) is 6.77. The van der Waals surface area contributed by atoms with E-state index in [0.717, 1.165) is 5.92 Å². The molecule has 1 nitrogen and oxygen atoms in total. The van der Waals surface area contributed by atoms with Gasteiger partial charge in [-0.2, -0.15) is 0 Å². The zero-order valence-corrected chi connectivity index (χ0v) is 13.3. The largest absolute Gasteiger partial charge is 0.375 e. The Kier molecular flexibility index (Phi) is 6.70. The molecule has 1 aliphatic carbocycles. The van der Waals surface area contributed by atoms with Crippen LogP contribution in [0.4, 0.5) is 0 Å². The van der Waals surface area contributed by atoms with E-state index in [-0.39, 0.29) is 0 Å². The van der Waals surface area contributed by atoms with Crippen molar-refractivity contribution >= 4 is 0 Å². The molecular weight excluding hydrogens is 220 g/mol. The summed E-state index contributed by atoms with van der Waals surface area (Å²) >= 11 is 0. The first-order valence-electron chi connectivity index (χ1n) is 8.20. The molecule has 1 aliphatic rings. The van der Waals surface area contributed by atoms with Crippen LogP contribution >= 0.6 is 0 Å². The number of hydrogen-bond donors (Lipinski definition) is 0. The van der Waals surface area contributed by atoms with Crippen molar-refractivity contribution in [2.24, 2.45) is 11.3 Å². The van der Waals surface area contributed by atoms with Crippen molar-refractivity contribution in [3.05, 3.63) is 0 Å². The van der Waals surface area contributed by atoms with Gasteiger partial charge in [0.15, 0.2) is 0 Å². The van der Waals surface area contributed by atoms with Gasteiger partial charge in [-0.25, -0.2) is 0 Å². The minimum absolute atomic E-state index is 0.473. The molecule has 0 heterocycles. The summed E-state index contributed by atoms with van der Waals surface area (Å²) in [6, 6.07) is 0. The summed E-state index contributed by atoms with van der Waals surface area (Å²) < 4.78 is 6.51. The molecule has 0 aromatic heterocycles. The lowest BCUT2D eigenvalue weighted by Crippen LogP contribution is -2.41. The van der Waals surface area contributed by atoms with E-state index in [1.807, 2.05) is 0 Å². The summed E-state index contributed by atoms with van der Waals surface area (Å²) in [5.74, 6) is 0.752. The standard InChI is InChI=1S/C17H34O/c1-6-10-14(11-7-2)18-16-12-9-13-17(4,5)15(16)8-3/h14-16H,6-13H2,1-5H3/t15-,16+/m1/s1. The van der Waals surface area contributed by atoms with Crippen LogP contribution in [0.15, 0.2) is 0 Å². The predicted octanol–water partition coefficient (Wildman–Crippen LogP) is 5.58. The van der Waals surface area contributed by atoms with Gasteiger partial charge in [0.25, 0.3) is 0 Å². The molecule has 1 heteroatoms. The number of hydrogen-bond acceptors (Lipinski definition) is 1. The highest BCUT2D eigenvalue weighted by molar-refractivity contribution is 4.88. The van der Waals surface area contributed by atoms with Crippen LogP contribution in [0.25, 0.3) is 0 Å². The Hall–Kier alpha value is -0.0400. The lowest BCUT2D eigenvalue weighted by Gasteiger charge is -2.44. The van der Waals surface area contributed by atoms with Crippen molar-refractivity contribution in [1.82, 2.24) is 0 Å². The molecule has 108 valence electrons.